The number of hydrogen-bond acceptors (Lipinski definition) is 3. The number of rotatable bonds is 1. The SMILES string of the molecule is CC(=O)C1=C(C)N[C@H](C)[C@@H]2Oc3ccccc3[C@H]12. The van der Waals surface area contributed by atoms with Crippen molar-refractivity contribution >= 4 is 5.78 Å². The zero-order valence-electron chi connectivity index (χ0n) is 10.9. The third kappa shape index (κ3) is 1.47. The Hall–Kier alpha value is -1.77. The second-order valence-electron chi connectivity index (χ2n) is 5.13. The largest absolute Gasteiger partial charge is 0.487 e. The van der Waals surface area contributed by atoms with Crippen LogP contribution in [0.3, 0.4) is 0 Å². The van der Waals surface area contributed by atoms with Crippen LogP contribution in [0, 0.1) is 0 Å². The van der Waals surface area contributed by atoms with Crippen LogP contribution >= 0.6 is 0 Å². The maximum absolute atomic E-state index is 11.9. The number of carbonyl (C=O) groups excluding carboxylic acids is 1. The first-order valence-corrected chi connectivity index (χ1v) is 6.33. The smallest absolute Gasteiger partial charge is 0.158 e. The minimum atomic E-state index is 0.0185. The van der Waals surface area contributed by atoms with Gasteiger partial charge < -0.3 is 10.1 Å². The fourth-order valence-corrected chi connectivity index (χ4v) is 3.16. The van der Waals surface area contributed by atoms with E-state index in [2.05, 4.69) is 18.3 Å². The van der Waals surface area contributed by atoms with E-state index in [1.165, 1.54) is 0 Å². The molecular weight excluding hydrogens is 226 g/mol. The first-order valence-electron chi connectivity index (χ1n) is 6.33. The first kappa shape index (κ1) is 11.3. The van der Waals surface area contributed by atoms with Gasteiger partial charge in [0, 0.05) is 16.8 Å². The maximum Gasteiger partial charge on any atom is 0.158 e. The molecule has 0 amide bonds. The molecule has 0 bridgehead atoms. The van der Waals surface area contributed by atoms with Crippen molar-refractivity contribution in [2.45, 2.75) is 38.8 Å². The number of para-hydroxylation sites is 1. The van der Waals surface area contributed by atoms with Crippen molar-refractivity contribution in [3.63, 3.8) is 0 Å². The summed E-state index contributed by atoms with van der Waals surface area (Å²) < 4.78 is 6.00. The van der Waals surface area contributed by atoms with Gasteiger partial charge >= 0.3 is 0 Å². The molecule has 0 unspecified atom stereocenters. The molecule has 3 nitrogen and oxygen atoms in total. The van der Waals surface area contributed by atoms with Crippen LogP contribution < -0.4 is 10.1 Å². The summed E-state index contributed by atoms with van der Waals surface area (Å²) in [5.41, 5.74) is 2.99. The van der Waals surface area contributed by atoms with Crippen LogP contribution in [0.15, 0.2) is 35.5 Å². The highest BCUT2D eigenvalue weighted by Crippen LogP contribution is 2.46. The zero-order chi connectivity index (χ0) is 12.9. The Morgan fingerprint density at radius 2 is 2.06 bits per heavy atom. The van der Waals surface area contributed by atoms with E-state index in [-0.39, 0.29) is 23.8 Å². The number of Topliss-reactive ketones (excluding diaryl/α,β-unsaturated/α-hetero) is 1. The van der Waals surface area contributed by atoms with E-state index in [1.54, 1.807) is 6.92 Å². The summed E-state index contributed by atoms with van der Waals surface area (Å²) in [6.45, 7) is 5.71. The second-order valence-corrected chi connectivity index (χ2v) is 5.13. The Balaban J connectivity index is 2.17. The fourth-order valence-electron chi connectivity index (χ4n) is 3.16. The normalized spacial score (nSPS) is 29.2. The number of carbonyl (C=O) groups is 1. The minimum Gasteiger partial charge on any atom is -0.487 e. The molecule has 0 saturated heterocycles. The van der Waals surface area contributed by atoms with Gasteiger partial charge in [-0.15, -0.1) is 0 Å². The lowest BCUT2D eigenvalue weighted by molar-refractivity contribution is -0.114. The van der Waals surface area contributed by atoms with Crippen molar-refractivity contribution in [3.8, 4) is 5.75 Å². The molecule has 1 aromatic rings. The van der Waals surface area contributed by atoms with E-state index in [4.69, 9.17) is 4.74 Å². The molecule has 0 spiro atoms. The summed E-state index contributed by atoms with van der Waals surface area (Å²) >= 11 is 0. The van der Waals surface area contributed by atoms with Gasteiger partial charge in [0.05, 0.1) is 12.0 Å². The van der Waals surface area contributed by atoms with Gasteiger partial charge in [0.25, 0.3) is 0 Å². The summed E-state index contributed by atoms with van der Waals surface area (Å²) in [5.74, 6) is 1.12. The van der Waals surface area contributed by atoms with Crippen molar-refractivity contribution in [3.05, 3.63) is 41.1 Å². The molecule has 94 valence electrons. The summed E-state index contributed by atoms with van der Waals surface area (Å²) in [5, 5.41) is 3.35. The van der Waals surface area contributed by atoms with Crippen LogP contribution in [0.1, 0.15) is 32.3 Å². The number of allylic oxidation sites excluding steroid dienone is 1. The lowest BCUT2D eigenvalue weighted by Crippen LogP contribution is -2.47. The first-order chi connectivity index (χ1) is 8.59. The lowest BCUT2D eigenvalue weighted by atomic mass is 9.80. The molecule has 3 rings (SSSR count). The van der Waals surface area contributed by atoms with Crippen molar-refractivity contribution < 1.29 is 9.53 Å². The maximum atomic E-state index is 11.9. The van der Waals surface area contributed by atoms with Gasteiger partial charge in [0.1, 0.15) is 11.9 Å². The lowest BCUT2D eigenvalue weighted by Gasteiger charge is -2.34. The van der Waals surface area contributed by atoms with E-state index >= 15 is 0 Å². The van der Waals surface area contributed by atoms with Crippen LogP contribution in [-0.2, 0) is 4.79 Å². The van der Waals surface area contributed by atoms with E-state index in [0.29, 0.717) is 0 Å². The number of nitrogens with one attached hydrogen (secondary N) is 1. The van der Waals surface area contributed by atoms with Gasteiger partial charge in [-0.3, -0.25) is 4.79 Å². The molecule has 3 heteroatoms. The summed E-state index contributed by atoms with van der Waals surface area (Å²) in [4.78, 5) is 11.9. The molecule has 2 heterocycles. The highest BCUT2D eigenvalue weighted by atomic mass is 16.5. The summed E-state index contributed by atoms with van der Waals surface area (Å²) in [7, 11) is 0. The molecule has 2 aliphatic rings. The third-order valence-corrected chi connectivity index (χ3v) is 3.88. The Bertz CT molecular complexity index is 547. The zero-order valence-corrected chi connectivity index (χ0v) is 10.9. The van der Waals surface area contributed by atoms with Crippen LogP contribution in [0.25, 0.3) is 0 Å². The van der Waals surface area contributed by atoms with Gasteiger partial charge in [0.2, 0.25) is 0 Å². The average molecular weight is 243 g/mol. The molecule has 18 heavy (non-hydrogen) atoms. The van der Waals surface area contributed by atoms with Crippen molar-refractivity contribution in [2.24, 2.45) is 0 Å². The quantitative estimate of drug-likeness (QED) is 0.823. The molecule has 0 fully saturated rings. The van der Waals surface area contributed by atoms with Gasteiger partial charge in [0.15, 0.2) is 5.78 Å². The van der Waals surface area contributed by atoms with E-state index in [9.17, 15) is 4.79 Å². The van der Waals surface area contributed by atoms with Crippen LogP contribution in [0.4, 0.5) is 0 Å². The summed E-state index contributed by atoms with van der Waals surface area (Å²) in [6, 6.07) is 8.23. The van der Waals surface area contributed by atoms with Gasteiger partial charge in [-0.05, 0) is 26.8 Å². The van der Waals surface area contributed by atoms with Crippen LogP contribution in [-0.4, -0.2) is 17.9 Å². The Kier molecular flexibility index (Phi) is 2.44. The number of fused-ring (bicyclic) bond motifs is 3. The number of hydrogen-bond donors (Lipinski definition) is 1. The molecule has 3 atom stereocenters. The molecule has 0 aromatic heterocycles. The predicted octanol–water partition coefficient (Wildman–Crippen LogP) is 2.39. The van der Waals surface area contributed by atoms with Crippen LogP contribution in [0.2, 0.25) is 0 Å². The monoisotopic (exact) mass is 243 g/mol. The number of benzene rings is 1. The Morgan fingerprint density at radius 3 is 2.78 bits per heavy atom. The molecule has 0 saturated carbocycles. The van der Waals surface area contributed by atoms with Gasteiger partial charge in [-0.25, -0.2) is 0 Å². The standard InChI is InChI=1S/C15H17NO2/c1-8-13(10(3)17)14-11-6-4-5-7-12(11)18-15(14)9(2)16-8/h4-7,9,14-16H,1-3H3/t9-,14-,15+/m1/s1. The third-order valence-electron chi connectivity index (χ3n) is 3.88. The number of ketones is 1. The molecular formula is C15H17NO2. The molecule has 1 N–H and O–H groups in total. The van der Waals surface area contributed by atoms with E-state index in [1.807, 2.05) is 25.1 Å². The van der Waals surface area contributed by atoms with Crippen molar-refractivity contribution in [1.82, 2.24) is 5.32 Å². The molecule has 2 aliphatic heterocycles. The van der Waals surface area contributed by atoms with E-state index in [0.717, 1.165) is 22.6 Å². The predicted molar refractivity (Wildman–Crippen MR) is 69.6 cm³/mol. The Labute approximate surface area is 107 Å². The molecule has 0 radical (unpaired) electrons. The van der Waals surface area contributed by atoms with Crippen molar-refractivity contribution in [2.75, 3.05) is 0 Å². The fraction of sp³-hybridized carbons (Fsp3) is 0.400. The highest BCUT2D eigenvalue weighted by molar-refractivity contribution is 5.96. The summed E-state index contributed by atoms with van der Waals surface area (Å²) in [6.07, 6.45) is 0.0185. The van der Waals surface area contributed by atoms with Gasteiger partial charge in [-0.1, -0.05) is 18.2 Å². The topological polar surface area (TPSA) is 38.3 Å². The Morgan fingerprint density at radius 1 is 1.33 bits per heavy atom. The van der Waals surface area contributed by atoms with Crippen molar-refractivity contribution in [1.29, 1.82) is 0 Å². The molecule has 1 aromatic carbocycles. The minimum absolute atomic E-state index is 0.0185. The van der Waals surface area contributed by atoms with Crippen LogP contribution in [0.5, 0.6) is 5.75 Å². The van der Waals surface area contributed by atoms with E-state index < -0.39 is 0 Å². The molecule has 0 aliphatic carbocycles. The van der Waals surface area contributed by atoms with Gasteiger partial charge in [-0.2, -0.15) is 0 Å². The highest BCUT2D eigenvalue weighted by Gasteiger charge is 2.44. The average Bonchev–Trinajstić information content (AvgIpc) is 2.69. The number of ether oxygens (including phenoxy) is 1. The second kappa shape index (κ2) is 3.87.